The van der Waals surface area contributed by atoms with E-state index in [2.05, 4.69) is 154 Å². The maximum atomic E-state index is 2.80. The molecular formula is C48H49NS. The van der Waals surface area contributed by atoms with Crippen molar-refractivity contribution in [2.24, 2.45) is 29.1 Å². The lowest BCUT2D eigenvalue weighted by molar-refractivity contribution is -0.234. The van der Waals surface area contributed by atoms with Gasteiger partial charge in [0.25, 0.3) is 0 Å². The highest BCUT2D eigenvalue weighted by Crippen LogP contribution is 2.89. The summed E-state index contributed by atoms with van der Waals surface area (Å²) in [5, 5.41) is 0. The summed E-state index contributed by atoms with van der Waals surface area (Å²) in [6.07, 6.45) is 18.7. The number of rotatable bonds is 4. The van der Waals surface area contributed by atoms with Gasteiger partial charge in [-0.1, -0.05) is 130 Å². The molecule has 4 aromatic rings. The molecule has 7 unspecified atom stereocenters. The van der Waals surface area contributed by atoms with Crippen molar-refractivity contribution < 1.29 is 0 Å². The Bertz CT molecular complexity index is 2140. The van der Waals surface area contributed by atoms with Crippen LogP contribution in [0.4, 0.5) is 11.4 Å². The van der Waals surface area contributed by atoms with E-state index in [1.54, 1.807) is 22.3 Å². The molecular weight excluding hydrogens is 623 g/mol. The van der Waals surface area contributed by atoms with Crippen LogP contribution in [0.3, 0.4) is 0 Å². The predicted octanol–water partition coefficient (Wildman–Crippen LogP) is 12.5. The van der Waals surface area contributed by atoms with Gasteiger partial charge in [0, 0.05) is 20.9 Å². The van der Waals surface area contributed by atoms with Crippen molar-refractivity contribution in [3.63, 3.8) is 0 Å². The van der Waals surface area contributed by atoms with Crippen molar-refractivity contribution in [2.75, 3.05) is 4.90 Å². The minimum Gasteiger partial charge on any atom is -0.333 e. The lowest BCUT2D eigenvalue weighted by Gasteiger charge is -2.78. The number of nitrogens with zero attached hydrogens (tertiary/aromatic N) is 1. The topological polar surface area (TPSA) is 3.24 Å². The monoisotopic (exact) mass is 671 g/mol. The summed E-state index contributed by atoms with van der Waals surface area (Å²) in [5.41, 5.74) is 13.1. The third-order valence-electron chi connectivity index (χ3n) is 15.3. The van der Waals surface area contributed by atoms with Crippen LogP contribution in [0.25, 0.3) is 11.1 Å². The van der Waals surface area contributed by atoms with Gasteiger partial charge in [-0.05, 0) is 136 Å². The second-order valence-electron chi connectivity index (χ2n) is 18.3. The Kier molecular flexibility index (Phi) is 6.09. The standard InChI is InChI=1S/C48H49NS/c1-45(2)24-25-46(3,4)43-35(45)19-12-21-37(43)49(33-16-9-6-10-17-33)38-22-13-20-36-44(38)50-39-23-11-18-34(31-14-7-5-8-15-31)42(39)48(36)40-27-30-26-32-28-41(48)47(32,40)29-30/h5-16,18-23,30,32-33,40-41H,17,24-29H2,1-4H3. The molecule has 4 fully saturated rings. The molecule has 0 N–H and O–H groups in total. The summed E-state index contributed by atoms with van der Waals surface area (Å²) in [4.78, 5) is 5.83. The van der Waals surface area contributed by atoms with E-state index in [1.807, 2.05) is 0 Å². The molecule has 2 spiro atoms. The van der Waals surface area contributed by atoms with Gasteiger partial charge in [0.15, 0.2) is 0 Å². The molecule has 1 nitrogen and oxygen atoms in total. The number of hydrogen-bond acceptors (Lipinski definition) is 2. The Morgan fingerprint density at radius 2 is 1.44 bits per heavy atom. The molecule has 0 aromatic heterocycles. The normalized spacial score (nSPS) is 33.9. The van der Waals surface area contributed by atoms with Gasteiger partial charge in [0.1, 0.15) is 0 Å². The van der Waals surface area contributed by atoms with Gasteiger partial charge < -0.3 is 4.90 Å². The maximum absolute atomic E-state index is 2.80. The Balaban J connectivity index is 1.17. The first-order valence-corrected chi connectivity index (χ1v) is 20.3. The van der Waals surface area contributed by atoms with Crippen LogP contribution in [0.15, 0.2) is 119 Å². The van der Waals surface area contributed by atoms with Crippen LogP contribution < -0.4 is 4.90 Å². The van der Waals surface area contributed by atoms with E-state index in [1.165, 1.54) is 70.8 Å². The van der Waals surface area contributed by atoms with Crippen LogP contribution in [-0.4, -0.2) is 6.04 Å². The van der Waals surface area contributed by atoms with E-state index in [9.17, 15) is 0 Å². The van der Waals surface area contributed by atoms with Gasteiger partial charge >= 0.3 is 0 Å². The SMILES string of the molecule is CC1(C)CCC(C)(C)c2c(N(c3cccc4c3Sc3cccc(-c5ccccc5)c3C43C4CC5CC6CC3C64C5)C3C=CC=CC3)cccc21. The number of fused-ring (bicyclic) bond motifs is 8. The quantitative estimate of drug-likeness (QED) is 0.212. The molecule has 1 aliphatic heterocycles. The van der Waals surface area contributed by atoms with Crippen LogP contribution in [0.5, 0.6) is 0 Å². The minimum absolute atomic E-state index is 0.0926. The molecule has 2 heteroatoms. The molecule has 252 valence electrons. The zero-order valence-electron chi connectivity index (χ0n) is 30.1. The van der Waals surface area contributed by atoms with Crippen molar-refractivity contribution in [1.29, 1.82) is 0 Å². The largest absolute Gasteiger partial charge is 0.333 e. The average Bonchev–Trinajstić information content (AvgIpc) is 3.66. The highest BCUT2D eigenvalue weighted by molar-refractivity contribution is 7.99. The van der Waals surface area contributed by atoms with E-state index >= 15 is 0 Å². The van der Waals surface area contributed by atoms with Crippen molar-refractivity contribution in [3.8, 4) is 11.1 Å². The summed E-state index contributed by atoms with van der Waals surface area (Å²) >= 11 is 2.08. The van der Waals surface area contributed by atoms with Crippen molar-refractivity contribution >= 4 is 23.1 Å². The summed E-state index contributed by atoms with van der Waals surface area (Å²) in [7, 11) is 0. The molecule has 4 saturated carbocycles. The van der Waals surface area contributed by atoms with Gasteiger partial charge in [-0.15, -0.1) is 0 Å². The van der Waals surface area contributed by atoms with E-state index in [0.29, 0.717) is 5.41 Å². The predicted molar refractivity (Wildman–Crippen MR) is 209 cm³/mol. The van der Waals surface area contributed by atoms with E-state index in [0.717, 1.165) is 30.1 Å². The zero-order chi connectivity index (χ0) is 33.6. The first-order chi connectivity index (χ1) is 24.2. The number of hydrogen-bond donors (Lipinski definition) is 0. The summed E-state index contributed by atoms with van der Waals surface area (Å²) in [6.45, 7) is 9.94. The van der Waals surface area contributed by atoms with Gasteiger partial charge in [-0.2, -0.15) is 0 Å². The number of anilines is 2. The summed E-state index contributed by atoms with van der Waals surface area (Å²) in [6, 6.07) is 33.7. The molecule has 11 rings (SSSR count). The first kappa shape index (κ1) is 30.2. The Hall–Kier alpha value is -3.49. The van der Waals surface area contributed by atoms with Gasteiger partial charge in [0.05, 0.1) is 11.7 Å². The van der Waals surface area contributed by atoms with Crippen molar-refractivity contribution in [1.82, 2.24) is 0 Å². The lowest BCUT2D eigenvalue weighted by atomic mass is 9.26. The molecule has 4 aromatic carbocycles. The fraction of sp³-hybridized carbons (Fsp3) is 0.417. The first-order valence-electron chi connectivity index (χ1n) is 19.5. The van der Waals surface area contributed by atoms with Crippen LogP contribution in [0, 0.1) is 29.1 Å². The fourth-order valence-electron chi connectivity index (χ4n) is 13.4. The third kappa shape index (κ3) is 3.62. The maximum Gasteiger partial charge on any atom is 0.0561 e. The second kappa shape index (κ2) is 10.1. The highest BCUT2D eigenvalue weighted by Gasteiger charge is 2.84. The molecule has 0 radical (unpaired) electrons. The summed E-state index contributed by atoms with van der Waals surface area (Å²) < 4.78 is 0. The smallest absolute Gasteiger partial charge is 0.0561 e. The lowest BCUT2D eigenvalue weighted by Crippen LogP contribution is -2.74. The van der Waals surface area contributed by atoms with Crippen LogP contribution >= 0.6 is 11.8 Å². The minimum atomic E-state index is 0.0926. The molecule has 50 heavy (non-hydrogen) atoms. The van der Waals surface area contributed by atoms with Gasteiger partial charge in [-0.3, -0.25) is 0 Å². The van der Waals surface area contributed by atoms with Crippen molar-refractivity contribution in [2.45, 2.75) is 105 Å². The number of benzene rings is 4. The Morgan fingerprint density at radius 1 is 0.680 bits per heavy atom. The van der Waals surface area contributed by atoms with E-state index < -0.39 is 0 Å². The molecule has 2 bridgehead atoms. The van der Waals surface area contributed by atoms with Gasteiger partial charge in [-0.25, -0.2) is 0 Å². The van der Waals surface area contributed by atoms with Crippen molar-refractivity contribution in [3.05, 3.63) is 131 Å². The Labute approximate surface area is 303 Å². The zero-order valence-corrected chi connectivity index (χ0v) is 30.9. The highest BCUT2D eigenvalue weighted by atomic mass is 32.2. The molecule has 0 amide bonds. The van der Waals surface area contributed by atoms with Gasteiger partial charge in [0.2, 0.25) is 0 Å². The molecule has 0 saturated heterocycles. The molecule has 7 atom stereocenters. The molecule has 6 aliphatic carbocycles. The summed E-state index contributed by atoms with van der Waals surface area (Å²) in [5.74, 6) is 3.41. The number of allylic oxidation sites excluding steroid dienone is 2. The molecule has 1 heterocycles. The average molecular weight is 672 g/mol. The third-order valence-corrected chi connectivity index (χ3v) is 16.5. The van der Waals surface area contributed by atoms with E-state index in [4.69, 9.17) is 0 Å². The Morgan fingerprint density at radius 3 is 2.24 bits per heavy atom. The van der Waals surface area contributed by atoms with Crippen LogP contribution in [0.1, 0.15) is 94.9 Å². The van der Waals surface area contributed by atoms with Crippen LogP contribution in [0.2, 0.25) is 0 Å². The second-order valence-corrected chi connectivity index (χ2v) is 19.4. The van der Waals surface area contributed by atoms with E-state index in [-0.39, 0.29) is 22.3 Å². The van der Waals surface area contributed by atoms with Crippen LogP contribution in [-0.2, 0) is 16.2 Å². The fourth-order valence-corrected chi connectivity index (χ4v) is 14.8. The molecule has 7 aliphatic rings.